The smallest absolute Gasteiger partial charge is 0.0640 e. The molecular weight excluding hydrogens is 985 g/mol. The predicted octanol–water partition coefficient (Wildman–Crippen LogP) is 21.3. The molecule has 0 radical (unpaired) electrons. The van der Waals surface area contributed by atoms with Gasteiger partial charge in [-0.1, -0.05) is 164 Å². The summed E-state index contributed by atoms with van der Waals surface area (Å²) in [6.45, 7) is 0. The quantitative estimate of drug-likeness (QED) is 0.158. The lowest BCUT2D eigenvalue weighted by Gasteiger charge is -2.27. The van der Waals surface area contributed by atoms with Crippen LogP contribution in [0.3, 0.4) is 0 Å². The number of thiophene rings is 2. The maximum atomic E-state index is 2.55. The van der Waals surface area contributed by atoms with Gasteiger partial charge in [0.2, 0.25) is 0 Å². The summed E-state index contributed by atoms with van der Waals surface area (Å²) in [6, 6.07) is 94.6. The van der Waals surface area contributed by atoms with Gasteiger partial charge in [-0.25, -0.2) is 0 Å². The fourth-order valence-electron chi connectivity index (χ4n) is 13.5. The normalized spacial score (nSPS) is 12.4. The summed E-state index contributed by atoms with van der Waals surface area (Å²) in [5, 5.41) is 15.3. The lowest BCUT2D eigenvalue weighted by atomic mass is 9.98. The van der Waals surface area contributed by atoms with Gasteiger partial charge in [-0.2, -0.15) is 0 Å². The molecule has 0 unspecified atom stereocenters. The maximum Gasteiger partial charge on any atom is 0.0640 e. The average Bonchev–Trinajstić information content (AvgIpc) is 4.41. The van der Waals surface area contributed by atoms with E-state index < -0.39 is 0 Å². The van der Waals surface area contributed by atoms with E-state index in [1.807, 2.05) is 22.7 Å². The molecule has 78 heavy (non-hydrogen) atoms. The van der Waals surface area contributed by atoms with Crippen molar-refractivity contribution in [3.63, 3.8) is 0 Å². The summed E-state index contributed by atoms with van der Waals surface area (Å²) in [5.74, 6) is 0. The molecule has 6 heteroatoms. The van der Waals surface area contributed by atoms with E-state index in [0.717, 1.165) is 17.1 Å². The van der Waals surface area contributed by atoms with Crippen molar-refractivity contribution in [3.05, 3.63) is 255 Å². The van der Waals surface area contributed by atoms with E-state index in [9.17, 15) is 0 Å². The lowest BCUT2D eigenvalue weighted by Crippen LogP contribution is -2.10. The highest BCUT2D eigenvalue weighted by Gasteiger charge is 2.27. The molecule has 0 bridgehead atoms. The van der Waals surface area contributed by atoms with Crippen molar-refractivity contribution < 1.29 is 0 Å². The Hall–Kier alpha value is -9.72. The summed E-state index contributed by atoms with van der Waals surface area (Å²) >= 11 is 3.75. The van der Waals surface area contributed by atoms with Gasteiger partial charge in [0.25, 0.3) is 0 Å². The average molecular weight is 1030 g/mol. The first-order valence-corrected chi connectivity index (χ1v) is 28.3. The van der Waals surface area contributed by atoms with Crippen molar-refractivity contribution in [1.29, 1.82) is 0 Å². The van der Waals surface area contributed by atoms with Crippen LogP contribution in [-0.4, -0.2) is 8.80 Å². The van der Waals surface area contributed by atoms with Crippen molar-refractivity contribution in [3.8, 4) is 11.1 Å². The van der Waals surface area contributed by atoms with Gasteiger partial charge in [0.15, 0.2) is 0 Å². The third-order valence-corrected chi connectivity index (χ3v) is 19.2. The number of nitrogens with zero attached hydrogens (tertiary/aromatic N) is 4. The van der Waals surface area contributed by atoms with E-state index in [4.69, 9.17) is 0 Å². The van der Waals surface area contributed by atoms with E-state index >= 15 is 0 Å². The van der Waals surface area contributed by atoms with Gasteiger partial charge in [0.1, 0.15) is 0 Å². The Morgan fingerprint density at radius 1 is 0.269 bits per heavy atom. The largest absolute Gasteiger partial charge is 0.309 e. The Bertz CT molecular complexity index is 5450. The molecule has 0 saturated heterocycles. The second-order valence-corrected chi connectivity index (χ2v) is 22.8. The topological polar surface area (TPSA) is 15.3 Å². The van der Waals surface area contributed by atoms with Crippen molar-refractivity contribution in [2.75, 3.05) is 9.80 Å². The predicted molar refractivity (Wildman–Crippen MR) is 336 cm³/mol. The molecule has 4 nitrogen and oxygen atoms in total. The standard InChI is InChI=1S/C72H42N4S2/c1-3-17-44(18-4-1)73(61-33-14-26-52-48-21-7-9-35-65(48)77-71(52)61)46-39-37-43(38-40-46)47-23-13-30-58-67(47)54-28-11-24-50-56-42-64-57(41-63(56)75(58)69(50)54)51-25-12-29-55-68-59(31-16-32-60(68)76(64)70(51)55)74(45-19-5-2-6-20-45)62-34-15-27-53-49-22-8-10-36-66(49)78-72(53)62/h1-42H. The van der Waals surface area contributed by atoms with E-state index in [1.54, 1.807) is 0 Å². The summed E-state index contributed by atoms with van der Waals surface area (Å²) in [7, 11) is 0. The molecule has 6 aromatic heterocycles. The van der Waals surface area contributed by atoms with Gasteiger partial charge < -0.3 is 18.6 Å². The van der Waals surface area contributed by atoms with Crippen LogP contribution < -0.4 is 9.80 Å². The Morgan fingerprint density at radius 3 is 1.29 bits per heavy atom. The molecule has 0 N–H and O–H groups in total. The van der Waals surface area contributed by atoms with Crippen LogP contribution in [0.15, 0.2) is 255 Å². The van der Waals surface area contributed by atoms with Gasteiger partial charge in [-0.15, -0.1) is 22.7 Å². The zero-order valence-corrected chi connectivity index (χ0v) is 43.5. The number of hydrogen-bond donors (Lipinski definition) is 0. The van der Waals surface area contributed by atoms with Gasteiger partial charge in [-0.05, 0) is 102 Å². The third-order valence-electron chi connectivity index (χ3n) is 16.7. The number of fused-ring (bicyclic) bond motifs is 18. The van der Waals surface area contributed by atoms with E-state index in [-0.39, 0.29) is 0 Å². The highest BCUT2D eigenvalue weighted by Crippen LogP contribution is 2.52. The number of hydrogen-bond acceptors (Lipinski definition) is 4. The zero-order chi connectivity index (χ0) is 50.7. The van der Waals surface area contributed by atoms with E-state index in [2.05, 4.69) is 273 Å². The minimum Gasteiger partial charge on any atom is -0.309 e. The fraction of sp³-hybridized carbons (Fsp3) is 0. The molecule has 0 aliphatic rings. The number of aromatic nitrogens is 2. The van der Waals surface area contributed by atoms with Crippen LogP contribution in [0.4, 0.5) is 34.1 Å². The first-order chi connectivity index (χ1) is 38.7. The highest BCUT2D eigenvalue weighted by molar-refractivity contribution is 7.26. The Balaban J connectivity index is 0.813. The lowest BCUT2D eigenvalue weighted by molar-refractivity contribution is 1.30. The molecule has 0 spiro atoms. The molecular formula is C72H42N4S2. The summed E-state index contributed by atoms with van der Waals surface area (Å²) in [6.07, 6.45) is 0. The molecule has 362 valence electrons. The van der Waals surface area contributed by atoms with Gasteiger partial charge in [0.05, 0.1) is 59.6 Å². The molecule has 12 aromatic carbocycles. The summed E-state index contributed by atoms with van der Waals surface area (Å²) in [4.78, 5) is 4.91. The van der Waals surface area contributed by atoms with Crippen molar-refractivity contribution in [2.24, 2.45) is 0 Å². The molecule has 0 aliphatic carbocycles. The van der Waals surface area contributed by atoms with Crippen LogP contribution in [0.1, 0.15) is 0 Å². The monoisotopic (exact) mass is 1030 g/mol. The second kappa shape index (κ2) is 15.9. The first-order valence-electron chi connectivity index (χ1n) is 26.7. The van der Waals surface area contributed by atoms with Gasteiger partial charge in [0, 0.05) is 91.1 Å². The first kappa shape index (κ1) is 42.5. The van der Waals surface area contributed by atoms with Crippen LogP contribution in [0.5, 0.6) is 0 Å². The molecule has 0 fully saturated rings. The van der Waals surface area contributed by atoms with Crippen LogP contribution in [0.25, 0.3) is 128 Å². The fourth-order valence-corrected chi connectivity index (χ4v) is 16.0. The van der Waals surface area contributed by atoms with Crippen molar-refractivity contribution >= 4 is 173 Å². The Kier molecular flexibility index (Phi) is 8.67. The Labute approximate surface area is 455 Å². The number of rotatable bonds is 7. The zero-order valence-electron chi connectivity index (χ0n) is 41.9. The third kappa shape index (κ3) is 5.72. The van der Waals surface area contributed by atoms with Gasteiger partial charge >= 0.3 is 0 Å². The maximum absolute atomic E-state index is 2.55. The molecule has 6 heterocycles. The highest BCUT2D eigenvalue weighted by atomic mass is 32.1. The van der Waals surface area contributed by atoms with E-state index in [0.29, 0.717) is 0 Å². The molecule has 18 rings (SSSR count). The molecule has 0 atom stereocenters. The van der Waals surface area contributed by atoms with Crippen LogP contribution in [-0.2, 0) is 0 Å². The van der Waals surface area contributed by atoms with Crippen LogP contribution in [0.2, 0.25) is 0 Å². The van der Waals surface area contributed by atoms with Gasteiger partial charge in [-0.3, -0.25) is 0 Å². The Morgan fingerprint density at radius 2 is 0.692 bits per heavy atom. The van der Waals surface area contributed by atoms with Crippen LogP contribution in [0, 0.1) is 0 Å². The van der Waals surface area contributed by atoms with E-state index in [1.165, 1.54) is 145 Å². The van der Waals surface area contributed by atoms with Crippen molar-refractivity contribution in [2.45, 2.75) is 0 Å². The summed E-state index contributed by atoms with van der Waals surface area (Å²) in [5.41, 5.74) is 16.8. The number of anilines is 6. The number of para-hydroxylation sites is 4. The second-order valence-electron chi connectivity index (χ2n) is 20.7. The minimum atomic E-state index is 1.12. The molecule has 18 aromatic rings. The minimum absolute atomic E-state index is 1.12. The SMILES string of the molecule is c1ccc(N(c2ccc(-c3cccc4c3c3cccc5c6cc7c(cc6n4c53)c3cccc4c5c(N(c6ccccc6)c6cccc8c6sc6ccccc68)cccc5n7c34)cc2)c2cccc3c2sc2ccccc23)cc1. The molecule has 0 amide bonds. The molecule has 0 saturated carbocycles. The van der Waals surface area contributed by atoms with Crippen molar-refractivity contribution in [1.82, 2.24) is 8.80 Å². The molecule has 0 aliphatic heterocycles. The van der Waals surface area contributed by atoms with Crippen LogP contribution >= 0.6 is 22.7 Å². The summed E-state index contributed by atoms with van der Waals surface area (Å²) < 4.78 is 10.3. The number of benzene rings is 12.